The van der Waals surface area contributed by atoms with Crippen molar-refractivity contribution in [2.75, 3.05) is 0 Å². The fourth-order valence-electron chi connectivity index (χ4n) is 8.30. The highest BCUT2D eigenvalue weighted by Gasteiger charge is 2.59. The summed E-state index contributed by atoms with van der Waals surface area (Å²) in [5, 5.41) is 10.2. The Kier molecular flexibility index (Phi) is 5.86. The van der Waals surface area contributed by atoms with Gasteiger partial charge in [-0.2, -0.15) is 13.2 Å². The zero-order chi connectivity index (χ0) is 24.3. The quantitative estimate of drug-likeness (QED) is 0.372. The highest BCUT2D eigenvalue weighted by atomic mass is 19.4. The molecule has 0 unspecified atom stereocenters. The molecular weight excluding hydrogens is 437 g/mol. The van der Waals surface area contributed by atoms with Crippen LogP contribution in [-0.2, 0) is 11.0 Å². The first kappa shape index (κ1) is 23.8. The standard InChI is InChI=1S/C29H35F3O2/c1-27-15-13-20(33)17-19(27)8-9-21-23-10-11-25(28(23,2)16-14-24(21)27)26(34)12-7-18-5-3-4-6-22(18)29(30,31)32/h3-8,12,20-21,23-25,33H,9-11,13-17H2,1-2H3/b12-7+/t20-,21-,23-,24-,25+,27-,28-/m0/s1. The molecule has 0 aromatic heterocycles. The summed E-state index contributed by atoms with van der Waals surface area (Å²) in [5.41, 5.74) is 0.845. The maximum atomic E-state index is 13.3. The summed E-state index contributed by atoms with van der Waals surface area (Å²) in [6.45, 7) is 4.65. The van der Waals surface area contributed by atoms with Crippen LogP contribution in [0, 0.1) is 34.5 Å². The number of halogens is 3. The third-order valence-electron chi connectivity index (χ3n) is 10.1. The zero-order valence-corrected chi connectivity index (χ0v) is 20.1. The summed E-state index contributed by atoms with van der Waals surface area (Å²) in [5.74, 6) is 1.47. The van der Waals surface area contributed by atoms with Crippen molar-refractivity contribution in [3.63, 3.8) is 0 Å². The molecule has 4 aliphatic rings. The van der Waals surface area contributed by atoms with E-state index in [1.807, 2.05) is 0 Å². The monoisotopic (exact) mass is 472 g/mol. The predicted octanol–water partition coefficient (Wildman–Crippen LogP) is 7.23. The van der Waals surface area contributed by atoms with E-state index in [4.69, 9.17) is 0 Å². The number of carbonyl (C=O) groups excluding carboxylic acids is 1. The van der Waals surface area contributed by atoms with Gasteiger partial charge in [-0.15, -0.1) is 0 Å². The fraction of sp³-hybridized carbons (Fsp3) is 0.621. The predicted molar refractivity (Wildman–Crippen MR) is 127 cm³/mol. The number of hydrogen-bond donors (Lipinski definition) is 1. The van der Waals surface area contributed by atoms with Crippen molar-refractivity contribution in [3.05, 3.63) is 53.1 Å². The van der Waals surface area contributed by atoms with E-state index in [1.165, 1.54) is 29.9 Å². The fourth-order valence-corrected chi connectivity index (χ4v) is 8.30. The van der Waals surface area contributed by atoms with Gasteiger partial charge in [-0.1, -0.05) is 49.8 Å². The molecule has 1 N–H and O–H groups in total. The average molecular weight is 473 g/mol. The van der Waals surface area contributed by atoms with Gasteiger partial charge in [-0.05, 0) is 97.7 Å². The van der Waals surface area contributed by atoms with Crippen molar-refractivity contribution in [1.82, 2.24) is 0 Å². The van der Waals surface area contributed by atoms with Gasteiger partial charge in [0.15, 0.2) is 5.78 Å². The molecule has 7 atom stereocenters. The molecule has 0 amide bonds. The van der Waals surface area contributed by atoms with Crippen LogP contribution in [0.25, 0.3) is 6.08 Å². The maximum Gasteiger partial charge on any atom is 0.416 e. The molecule has 0 aliphatic heterocycles. The molecule has 1 aromatic carbocycles. The summed E-state index contributed by atoms with van der Waals surface area (Å²) >= 11 is 0. The van der Waals surface area contributed by atoms with Crippen molar-refractivity contribution < 1.29 is 23.1 Å². The van der Waals surface area contributed by atoms with Gasteiger partial charge in [0, 0.05) is 5.92 Å². The van der Waals surface area contributed by atoms with E-state index >= 15 is 0 Å². The topological polar surface area (TPSA) is 37.3 Å². The SMILES string of the molecule is C[C@]12CC[C@H]3[C@@H](CC=C4C[C@@H](O)CC[C@@]43C)[C@@H]1CC[C@@H]2C(=O)/C=C/c1ccccc1C(F)(F)F. The van der Waals surface area contributed by atoms with Crippen LogP contribution in [0.2, 0.25) is 0 Å². The molecule has 0 bridgehead atoms. The van der Waals surface area contributed by atoms with E-state index in [0.717, 1.165) is 57.4 Å². The van der Waals surface area contributed by atoms with E-state index < -0.39 is 11.7 Å². The van der Waals surface area contributed by atoms with Crippen LogP contribution in [0.5, 0.6) is 0 Å². The summed E-state index contributed by atoms with van der Waals surface area (Å²) in [7, 11) is 0. The van der Waals surface area contributed by atoms with Crippen LogP contribution in [0.15, 0.2) is 42.0 Å². The van der Waals surface area contributed by atoms with Crippen LogP contribution < -0.4 is 0 Å². The van der Waals surface area contributed by atoms with Gasteiger partial charge in [0.2, 0.25) is 0 Å². The first-order valence-electron chi connectivity index (χ1n) is 12.8. The molecule has 0 spiro atoms. The molecule has 5 rings (SSSR count). The smallest absolute Gasteiger partial charge is 0.393 e. The summed E-state index contributed by atoms with van der Waals surface area (Å²) in [6.07, 6.45) is 8.14. The number of rotatable bonds is 3. The Morgan fingerprint density at radius 1 is 1.06 bits per heavy atom. The van der Waals surface area contributed by atoms with E-state index in [0.29, 0.717) is 17.8 Å². The second kappa shape index (κ2) is 8.36. The van der Waals surface area contributed by atoms with Gasteiger partial charge in [0.25, 0.3) is 0 Å². The Hall–Kier alpha value is -1.88. The van der Waals surface area contributed by atoms with Gasteiger partial charge in [-0.3, -0.25) is 4.79 Å². The van der Waals surface area contributed by atoms with Gasteiger partial charge in [0.05, 0.1) is 11.7 Å². The Morgan fingerprint density at radius 2 is 1.82 bits per heavy atom. The molecule has 2 nitrogen and oxygen atoms in total. The van der Waals surface area contributed by atoms with Crippen LogP contribution in [0.1, 0.15) is 76.3 Å². The number of aliphatic hydroxyl groups is 1. The molecule has 184 valence electrons. The summed E-state index contributed by atoms with van der Waals surface area (Å²) in [4.78, 5) is 13.3. The first-order valence-corrected chi connectivity index (χ1v) is 12.8. The van der Waals surface area contributed by atoms with Crippen LogP contribution in [-0.4, -0.2) is 17.0 Å². The number of ketones is 1. The van der Waals surface area contributed by atoms with E-state index in [9.17, 15) is 23.1 Å². The number of aliphatic hydroxyl groups excluding tert-OH is 1. The lowest BCUT2D eigenvalue weighted by molar-refractivity contribution is -0.137. The minimum absolute atomic E-state index is 0.0283. The number of benzene rings is 1. The molecule has 3 saturated carbocycles. The Labute approximate surface area is 200 Å². The van der Waals surface area contributed by atoms with Gasteiger partial charge < -0.3 is 5.11 Å². The Bertz CT molecular complexity index is 1020. The zero-order valence-electron chi connectivity index (χ0n) is 20.1. The number of alkyl halides is 3. The van der Waals surface area contributed by atoms with E-state index in [-0.39, 0.29) is 34.2 Å². The average Bonchev–Trinajstić information content (AvgIpc) is 3.15. The number of hydrogen-bond acceptors (Lipinski definition) is 2. The number of carbonyl (C=O) groups is 1. The maximum absolute atomic E-state index is 13.3. The number of fused-ring (bicyclic) bond motifs is 5. The number of allylic oxidation sites excluding steroid dienone is 2. The van der Waals surface area contributed by atoms with Crippen molar-refractivity contribution >= 4 is 11.9 Å². The second-order valence-electron chi connectivity index (χ2n) is 11.7. The van der Waals surface area contributed by atoms with E-state index in [2.05, 4.69) is 19.9 Å². The van der Waals surface area contributed by atoms with Crippen molar-refractivity contribution in [3.8, 4) is 0 Å². The molecule has 34 heavy (non-hydrogen) atoms. The van der Waals surface area contributed by atoms with Crippen LogP contribution >= 0.6 is 0 Å². The van der Waals surface area contributed by atoms with Gasteiger partial charge in [-0.25, -0.2) is 0 Å². The minimum atomic E-state index is -4.44. The molecule has 3 fully saturated rings. The molecule has 4 aliphatic carbocycles. The van der Waals surface area contributed by atoms with Gasteiger partial charge in [0.1, 0.15) is 0 Å². The van der Waals surface area contributed by atoms with Crippen LogP contribution in [0.4, 0.5) is 13.2 Å². The molecule has 0 heterocycles. The minimum Gasteiger partial charge on any atom is -0.393 e. The first-order chi connectivity index (χ1) is 16.0. The molecule has 5 heteroatoms. The van der Waals surface area contributed by atoms with Crippen molar-refractivity contribution in [1.29, 1.82) is 0 Å². The Balaban J connectivity index is 1.36. The largest absolute Gasteiger partial charge is 0.416 e. The summed E-state index contributed by atoms with van der Waals surface area (Å²) in [6, 6.07) is 5.43. The third-order valence-corrected chi connectivity index (χ3v) is 10.1. The molecule has 0 saturated heterocycles. The lowest BCUT2D eigenvalue weighted by Gasteiger charge is -2.57. The highest BCUT2D eigenvalue weighted by Crippen LogP contribution is 2.66. The van der Waals surface area contributed by atoms with Gasteiger partial charge >= 0.3 is 6.18 Å². The molecule has 1 aromatic rings. The summed E-state index contributed by atoms with van der Waals surface area (Å²) < 4.78 is 40.0. The van der Waals surface area contributed by atoms with Crippen molar-refractivity contribution in [2.24, 2.45) is 34.5 Å². The highest BCUT2D eigenvalue weighted by molar-refractivity contribution is 5.96. The van der Waals surface area contributed by atoms with Crippen LogP contribution in [0.3, 0.4) is 0 Å². The molecular formula is C29H35F3O2. The lowest BCUT2D eigenvalue weighted by Crippen LogP contribution is -2.50. The third kappa shape index (κ3) is 3.79. The lowest BCUT2D eigenvalue weighted by atomic mass is 9.47. The second-order valence-corrected chi connectivity index (χ2v) is 11.7. The van der Waals surface area contributed by atoms with E-state index in [1.54, 1.807) is 6.07 Å². The Morgan fingerprint density at radius 3 is 2.59 bits per heavy atom. The normalized spacial score (nSPS) is 39.8. The van der Waals surface area contributed by atoms with Crippen molar-refractivity contribution in [2.45, 2.75) is 77.5 Å². The molecule has 0 radical (unpaired) electrons.